The van der Waals surface area contributed by atoms with E-state index in [9.17, 15) is 14.4 Å². The van der Waals surface area contributed by atoms with E-state index < -0.39 is 6.10 Å². The van der Waals surface area contributed by atoms with Crippen molar-refractivity contribution in [2.45, 2.75) is 297 Å². The largest absolute Gasteiger partial charge is 0.462 e. The van der Waals surface area contributed by atoms with Gasteiger partial charge in [0.1, 0.15) is 13.2 Å². The number of unbranched alkanes of at least 4 members (excludes halogenated alkanes) is 28. The SMILES string of the molecule is CC/C=C\C/C=C\C/C=C\C/C=C\CCCCCCCCC(=O)OC(COC(=O)CCCCCCC/C=C\CCCCCC)COC(=O)CCCCCCCCCC/C=C\C/C=C\C/C=C\CCCCCCC. The van der Waals surface area contributed by atoms with Gasteiger partial charge in [0.15, 0.2) is 6.10 Å². The van der Waals surface area contributed by atoms with Crippen LogP contribution in [0.5, 0.6) is 0 Å². The van der Waals surface area contributed by atoms with Crippen LogP contribution in [0.4, 0.5) is 0 Å². The highest BCUT2D eigenvalue weighted by Crippen LogP contribution is 2.15. The maximum atomic E-state index is 12.9. The second-order valence-electron chi connectivity index (χ2n) is 20.2. The van der Waals surface area contributed by atoms with Crippen LogP contribution in [0.1, 0.15) is 290 Å². The van der Waals surface area contributed by atoms with Crippen LogP contribution in [0.3, 0.4) is 0 Å². The molecule has 1 atom stereocenters. The molecular weight excluding hydrogens is 901 g/mol. The molecule has 6 heteroatoms. The van der Waals surface area contributed by atoms with E-state index in [0.29, 0.717) is 19.3 Å². The Balaban J connectivity index is 4.39. The Labute approximate surface area is 451 Å². The first-order valence-electron chi connectivity index (χ1n) is 30.7. The zero-order valence-electron chi connectivity index (χ0n) is 47.9. The average molecular weight is 1020 g/mol. The van der Waals surface area contributed by atoms with Crippen molar-refractivity contribution in [3.05, 3.63) is 97.2 Å². The third-order valence-electron chi connectivity index (χ3n) is 13.0. The number of rotatable bonds is 55. The van der Waals surface area contributed by atoms with Gasteiger partial charge in [-0.1, -0.05) is 246 Å². The van der Waals surface area contributed by atoms with Crippen molar-refractivity contribution in [2.75, 3.05) is 13.2 Å². The van der Waals surface area contributed by atoms with E-state index >= 15 is 0 Å². The molecule has 0 aromatic heterocycles. The van der Waals surface area contributed by atoms with E-state index in [-0.39, 0.29) is 31.1 Å². The van der Waals surface area contributed by atoms with Gasteiger partial charge in [-0.3, -0.25) is 14.4 Å². The number of esters is 3. The van der Waals surface area contributed by atoms with Gasteiger partial charge in [0.05, 0.1) is 0 Å². The Kier molecular flexibility index (Phi) is 57.8. The molecule has 0 aliphatic rings. The zero-order valence-corrected chi connectivity index (χ0v) is 47.9. The Morgan fingerprint density at radius 2 is 0.534 bits per heavy atom. The fourth-order valence-corrected chi connectivity index (χ4v) is 8.44. The van der Waals surface area contributed by atoms with Crippen LogP contribution >= 0.6 is 0 Å². The zero-order chi connectivity index (χ0) is 52.9. The van der Waals surface area contributed by atoms with E-state index in [1.165, 1.54) is 128 Å². The molecule has 0 N–H and O–H groups in total. The molecule has 0 bridgehead atoms. The number of carbonyl (C=O) groups is 3. The van der Waals surface area contributed by atoms with Crippen LogP contribution in [-0.4, -0.2) is 37.2 Å². The summed E-state index contributed by atoms with van der Waals surface area (Å²) in [5.74, 6) is -0.914. The molecule has 0 amide bonds. The summed E-state index contributed by atoms with van der Waals surface area (Å²) in [4.78, 5) is 38.2. The first-order chi connectivity index (χ1) is 36.0. The molecule has 0 rings (SSSR count). The monoisotopic (exact) mass is 1010 g/mol. The van der Waals surface area contributed by atoms with Crippen LogP contribution in [-0.2, 0) is 28.6 Å². The highest BCUT2D eigenvalue weighted by molar-refractivity contribution is 5.71. The molecule has 0 aromatic carbocycles. The van der Waals surface area contributed by atoms with Gasteiger partial charge in [-0.2, -0.15) is 0 Å². The van der Waals surface area contributed by atoms with Gasteiger partial charge in [0, 0.05) is 19.3 Å². The van der Waals surface area contributed by atoms with Gasteiger partial charge in [-0.15, -0.1) is 0 Å². The molecule has 0 saturated heterocycles. The molecule has 1 unspecified atom stereocenters. The summed E-state index contributed by atoms with van der Waals surface area (Å²) in [5, 5.41) is 0. The van der Waals surface area contributed by atoms with Crippen molar-refractivity contribution in [1.29, 1.82) is 0 Å². The molecule has 0 radical (unpaired) electrons. The maximum absolute atomic E-state index is 12.9. The Bertz CT molecular complexity index is 1440. The normalized spacial score (nSPS) is 12.8. The lowest BCUT2D eigenvalue weighted by Crippen LogP contribution is -2.30. The predicted octanol–water partition coefficient (Wildman–Crippen LogP) is 20.9. The highest BCUT2D eigenvalue weighted by atomic mass is 16.6. The lowest BCUT2D eigenvalue weighted by Gasteiger charge is -2.18. The number of carbonyl (C=O) groups excluding carboxylic acids is 3. The molecule has 0 fully saturated rings. The van der Waals surface area contributed by atoms with Gasteiger partial charge in [-0.25, -0.2) is 0 Å². The topological polar surface area (TPSA) is 78.9 Å². The fourth-order valence-electron chi connectivity index (χ4n) is 8.44. The van der Waals surface area contributed by atoms with E-state index in [2.05, 4.69) is 118 Å². The standard InChI is InChI=1S/C67H114O6/c1-4-7-10-13-16-19-22-25-27-29-31-32-33-34-36-37-39-42-45-48-51-54-57-60-66(69)72-63-64(62-71-65(68)59-56-53-50-47-44-41-24-21-18-15-12-9-6-3)73-67(70)61-58-55-52-49-46-43-40-38-35-30-28-26-23-20-17-14-11-8-5-2/h8,11,17,20-22,24-26,28-29,31,33-35,38,64H,4-7,9-10,12-16,18-19,23,27,30,32,36-37,39-63H2,1-3H3/b11-8-,20-17-,24-21-,25-22-,28-26-,31-29-,34-33-,38-35-. The summed E-state index contributed by atoms with van der Waals surface area (Å²) in [7, 11) is 0. The van der Waals surface area contributed by atoms with Gasteiger partial charge in [0.2, 0.25) is 0 Å². The van der Waals surface area contributed by atoms with E-state index in [1.807, 2.05) is 0 Å². The smallest absolute Gasteiger partial charge is 0.306 e. The Morgan fingerprint density at radius 3 is 0.863 bits per heavy atom. The van der Waals surface area contributed by atoms with Crippen LogP contribution in [0.25, 0.3) is 0 Å². The van der Waals surface area contributed by atoms with Gasteiger partial charge in [-0.05, 0) is 122 Å². The van der Waals surface area contributed by atoms with Gasteiger partial charge < -0.3 is 14.2 Å². The summed E-state index contributed by atoms with van der Waals surface area (Å²) in [5.41, 5.74) is 0. The van der Waals surface area contributed by atoms with Crippen molar-refractivity contribution in [1.82, 2.24) is 0 Å². The van der Waals surface area contributed by atoms with Crippen molar-refractivity contribution in [3.63, 3.8) is 0 Å². The number of ether oxygens (including phenoxy) is 3. The number of hydrogen-bond acceptors (Lipinski definition) is 6. The molecule has 0 aliphatic heterocycles. The maximum Gasteiger partial charge on any atom is 0.306 e. The van der Waals surface area contributed by atoms with Gasteiger partial charge in [0.25, 0.3) is 0 Å². The van der Waals surface area contributed by atoms with Crippen LogP contribution in [0.15, 0.2) is 97.2 Å². The van der Waals surface area contributed by atoms with Crippen molar-refractivity contribution >= 4 is 17.9 Å². The first-order valence-corrected chi connectivity index (χ1v) is 30.7. The third kappa shape index (κ3) is 59.1. The van der Waals surface area contributed by atoms with Gasteiger partial charge >= 0.3 is 17.9 Å². The minimum atomic E-state index is -0.794. The van der Waals surface area contributed by atoms with E-state index in [1.54, 1.807) is 0 Å². The minimum Gasteiger partial charge on any atom is -0.462 e. The van der Waals surface area contributed by atoms with Crippen molar-refractivity contribution in [2.24, 2.45) is 0 Å². The van der Waals surface area contributed by atoms with E-state index in [4.69, 9.17) is 14.2 Å². The Morgan fingerprint density at radius 1 is 0.288 bits per heavy atom. The fraction of sp³-hybridized carbons (Fsp3) is 0.716. The number of hydrogen-bond donors (Lipinski definition) is 0. The van der Waals surface area contributed by atoms with Crippen LogP contribution in [0, 0.1) is 0 Å². The molecule has 0 aliphatic carbocycles. The van der Waals surface area contributed by atoms with Crippen molar-refractivity contribution < 1.29 is 28.6 Å². The molecule has 0 saturated carbocycles. The minimum absolute atomic E-state index is 0.0901. The highest BCUT2D eigenvalue weighted by Gasteiger charge is 2.19. The second kappa shape index (κ2) is 60.9. The summed E-state index contributed by atoms with van der Waals surface area (Å²) >= 11 is 0. The third-order valence-corrected chi connectivity index (χ3v) is 13.0. The summed E-state index contributed by atoms with van der Waals surface area (Å²) < 4.78 is 16.9. The molecule has 6 nitrogen and oxygen atoms in total. The molecular formula is C67H114O6. The quantitative estimate of drug-likeness (QED) is 0.0261. The lowest BCUT2D eigenvalue weighted by molar-refractivity contribution is -0.167. The second-order valence-corrected chi connectivity index (χ2v) is 20.2. The summed E-state index contributed by atoms with van der Waals surface area (Å²) in [6.45, 7) is 6.49. The molecule has 0 aromatic rings. The van der Waals surface area contributed by atoms with Crippen molar-refractivity contribution in [3.8, 4) is 0 Å². The predicted molar refractivity (Wildman–Crippen MR) is 316 cm³/mol. The number of allylic oxidation sites excluding steroid dienone is 16. The Hall–Kier alpha value is -3.67. The molecule has 0 spiro atoms. The molecule has 0 heterocycles. The lowest BCUT2D eigenvalue weighted by atomic mass is 10.1. The molecule has 73 heavy (non-hydrogen) atoms. The summed E-state index contributed by atoms with van der Waals surface area (Å²) in [6.07, 6.45) is 81.1. The van der Waals surface area contributed by atoms with Crippen LogP contribution < -0.4 is 0 Å². The summed E-state index contributed by atoms with van der Waals surface area (Å²) in [6, 6.07) is 0. The van der Waals surface area contributed by atoms with E-state index in [0.717, 1.165) is 122 Å². The average Bonchev–Trinajstić information content (AvgIpc) is 3.39. The molecule has 418 valence electrons. The van der Waals surface area contributed by atoms with Crippen LogP contribution in [0.2, 0.25) is 0 Å². The first kappa shape index (κ1) is 69.3.